The summed E-state index contributed by atoms with van der Waals surface area (Å²) < 4.78 is 14.7. The van der Waals surface area contributed by atoms with Gasteiger partial charge >= 0.3 is 0 Å². The van der Waals surface area contributed by atoms with Gasteiger partial charge in [0.2, 0.25) is 0 Å². The zero-order valence-corrected chi connectivity index (χ0v) is 18.5. The molecule has 0 fully saturated rings. The number of aromatic nitrogens is 6. The smallest absolute Gasteiger partial charge is 0.189 e. The largest absolute Gasteiger partial charge is 0.497 e. The van der Waals surface area contributed by atoms with Gasteiger partial charge in [0.25, 0.3) is 0 Å². The Morgan fingerprint density at radius 1 is 1.03 bits per heavy atom. The van der Waals surface area contributed by atoms with Gasteiger partial charge in [0.05, 0.1) is 24.4 Å². The second kappa shape index (κ2) is 7.96. The molecular weight excluding hydrogens is 404 g/mol. The second-order valence-electron chi connectivity index (χ2n) is 8.00. The summed E-state index contributed by atoms with van der Waals surface area (Å²) in [6.07, 6.45) is 3.41. The van der Waals surface area contributed by atoms with Crippen LogP contribution in [0.4, 0.5) is 0 Å². The van der Waals surface area contributed by atoms with Crippen molar-refractivity contribution in [3.8, 4) is 17.2 Å². The fraction of sp³-hybridized carbons (Fsp3) is 0.250. The van der Waals surface area contributed by atoms with E-state index in [1.165, 1.54) is 5.56 Å². The summed E-state index contributed by atoms with van der Waals surface area (Å²) in [7, 11) is 1.64. The van der Waals surface area contributed by atoms with Crippen LogP contribution in [0.5, 0.6) is 11.5 Å². The van der Waals surface area contributed by atoms with Gasteiger partial charge in [0.15, 0.2) is 17.1 Å². The van der Waals surface area contributed by atoms with E-state index >= 15 is 0 Å². The lowest BCUT2D eigenvalue weighted by molar-refractivity contribution is 0.293. The number of methoxy groups -OCH3 is 1. The van der Waals surface area contributed by atoms with Crippen LogP contribution in [0, 0.1) is 6.92 Å². The Bertz CT molecular complexity index is 1400. The van der Waals surface area contributed by atoms with Crippen molar-refractivity contribution < 1.29 is 9.47 Å². The van der Waals surface area contributed by atoms with Crippen LogP contribution in [0.2, 0.25) is 0 Å². The molecule has 0 aliphatic carbocycles. The Morgan fingerprint density at radius 3 is 2.59 bits per heavy atom. The lowest BCUT2D eigenvalue weighted by Crippen LogP contribution is -2.01. The number of benzene rings is 2. The maximum absolute atomic E-state index is 6.06. The van der Waals surface area contributed by atoms with E-state index < -0.39 is 0 Å². The molecule has 0 N–H and O–H groups in total. The highest BCUT2D eigenvalue weighted by atomic mass is 16.5. The van der Waals surface area contributed by atoms with Crippen molar-refractivity contribution in [1.29, 1.82) is 0 Å². The molecule has 8 heteroatoms. The highest BCUT2D eigenvalue weighted by Gasteiger charge is 2.14. The molecule has 0 unspecified atom stereocenters. The van der Waals surface area contributed by atoms with E-state index in [0.29, 0.717) is 23.0 Å². The van der Waals surface area contributed by atoms with Gasteiger partial charge in [-0.1, -0.05) is 26.0 Å². The first kappa shape index (κ1) is 20.0. The molecule has 2 aromatic carbocycles. The Kier molecular flexibility index (Phi) is 4.97. The number of nitrogens with zero attached hydrogens (tertiary/aromatic N) is 6. The standard InChI is InChI=1S/C24H24N6O2/c1-15(2)17-6-5-16(3)21(11-17)32-13-22-27-24-20-12-26-30(23(20)25-14-29(24)28-22)18-7-9-19(31-4)10-8-18/h5-12,14-15H,13H2,1-4H3. The molecular formula is C24H24N6O2. The van der Waals surface area contributed by atoms with Crippen LogP contribution in [-0.2, 0) is 6.61 Å². The van der Waals surface area contributed by atoms with Crippen molar-refractivity contribution in [2.24, 2.45) is 0 Å². The molecule has 5 aromatic rings. The van der Waals surface area contributed by atoms with E-state index in [-0.39, 0.29) is 6.61 Å². The third-order valence-electron chi connectivity index (χ3n) is 5.50. The molecule has 0 amide bonds. The topological polar surface area (TPSA) is 79.4 Å². The summed E-state index contributed by atoms with van der Waals surface area (Å²) in [6, 6.07) is 14.0. The van der Waals surface area contributed by atoms with Crippen LogP contribution in [0.15, 0.2) is 55.0 Å². The molecule has 0 saturated heterocycles. The van der Waals surface area contributed by atoms with Crippen molar-refractivity contribution in [2.75, 3.05) is 7.11 Å². The average Bonchev–Trinajstić information content (AvgIpc) is 3.42. The Balaban J connectivity index is 1.45. The molecule has 0 bridgehead atoms. The van der Waals surface area contributed by atoms with E-state index in [9.17, 15) is 0 Å². The summed E-state index contributed by atoms with van der Waals surface area (Å²) in [4.78, 5) is 9.24. The monoisotopic (exact) mass is 428 g/mol. The number of aryl methyl sites for hydroxylation is 1. The van der Waals surface area contributed by atoms with Crippen molar-refractivity contribution in [3.05, 3.63) is 71.9 Å². The molecule has 5 rings (SSSR count). The van der Waals surface area contributed by atoms with Gasteiger partial charge in [-0.3, -0.25) is 0 Å². The maximum atomic E-state index is 6.06. The van der Waals surface area contributed by atoms with E-state index in [1.54, 1.807) is 28.8 Å². The van der Waals surface area contributed by atoms with Gasteiger partial charge < -0.3 is 9.47 Å². The average molecular weight is 428 g/mol. The van der Waals surface area contributed by atoms with Gasteiger partial charge in [-0.2, -0.15) is 5.10 Å². The minimum Gasteiger partial charge on any atom is -0.497 e. The molecule has 0 radical (unpaired) electrons. The molecule has 8 nitrogen and oxygen atoms in total. The lowest BCUT2D eigenvalue weighted by atomic mass is 10.0. The molecule has 0 atom stereocenters. The fourth-order valence-electron chi connectivity index (χ4n) is 3.61. The van der Waals surface area contributed by atoms with Crippen molar-refractivity contribution in [3.63, 3.8) is 0 Å². The molecule has 32 heavy (non-hydrogen) atoms. The van der Waals surface area contributed by atoms with Crippen LogP contribution < -0.4 is 9.47 Å². The molecule has 0 spiro atoms. The van der Waals surface area contributed by atoms with E-state index in [0.717, 1.165) is 28.1 Å². The normalized spacial score (nSPS) is 11.5. The van der Waals surface area contributed by atoms with E-state index in [4.69, 9.17) is 14.5 Å². The number of hydrogen-bond donors (Lipinski definition) is 0. The Morgan fingerprint density at radius 2 is 1.84 bits per heavy atom. The highest BCUT2D eigenvalue weighted by Crippen LogP contribution is 2.25. The summed E-state index contributed by atoms with van der Waals surface area (Å²) >= 11 is 0. The second-order valence-corrected chi connectivity index (χ2v) is 8.00. The zero-order chi connectivity index (χ0) is 22.2. The van der Waals surface area contributed by atoms with Crippen molar-refractivity contribution in [1.82, 2.24) is 29.4 Å². The first-order valence-corrected chi connectivity index (χ1v) is 10.5. The van der Waals surface area contributed by atoms with Crippen molar-refractivity contribution >= 4 is 16.7 Å². The van der Waals surface area contributed by atoms with Crippen molar-refractivity contribution in [2.45, 2.75) is 33.3 Å². The first-order valence-electron chi connectivity index (χ1n) is 10.5. The van der Waals surface area contributed by atoms with Gasteiger partial charge in [0, 0.05) is 0 Å². The van der Waals surface area contributed by atoms with Gasteiger partial charge in [0.1, 0.15) is 24.4 Å². The highest BCUT2D eigenvalue weighted by molar-refractivity contribution is 5.89. The first-order chi connectivity index (χ1) is 15.5. The zero-order valence-electron chi connectivity index (χ0n) is 18.5. The summed E-state index contributed by atoms with van der Waals surface area (Å²) in [5.74, 6) is 2.67. The molecule has 0 saturated carbocycles. The van der Waals surface area contributed by atoms with Gasteiger partial charge in [-0.25, -0.2) is 19.2 Å². The van der Waals surface area contributed by atoms with Crippen LogP contribution >= 0.6 is 0 Å². The minimum absolute atomic E-state index is 0.276. The maximum Gasteiger partial charge on any atom is 0.189 e. The summed E-state index contributed by atoms with van der Waals surface area (Å²) in [5.41, 5.74) is 4.62. The fourth-order valence-corrected chi connectivity index (χ4v) is 3.61. The van der Waals surface area contributed by atoms with E-state index in [1.807, 2.05) is 31.2 Å². The number of ether oxygens (including phenoxy) is 2. The third-order valence-corrected chi connectivity index (χ3v) is 5.50. The quantitative estimate of drug-likeness (QED) is 0.397. The predicted octanol–water partition coefficient (Wildman–Crippen LogP) is 4.48. The van der Waals surface area contributed by atoms with Crippen LogP contribution in [0.25, 0.3) is 22.4 Å². The molecule has 0 aliphatic heterocycles. The van der Waals surface area contributed by atoms with Crippen LogP contribution in [0.1, 0.15) is 36.7 Å². The number of rotatable bonds is 6. The SMILES string of the molecule is COc1ccc(-n2ncc3c2ncn2nc(COc4cc(C(C)C)ccc4C)nc32)cc1. The Hall–Kier alpha value is -3.94. The molecule has 162 valence electrons. The molecule has 3 aromatic heterocycles. The minimum atomic E-state index is 0.276. The summed E-state index contributed by atoms with van der Waals surface area (Å²) in [5, 5.41) is 9.87. The third kappa shape index (κ3) is 3.53. The van der Waals surface area contributed by atoms with Crippen LogP contribution in [0.3, 0.4) is 0 Å². The number of hydrogen-bond acceptors (Lipinski definition) is 6. The molecule has 0 aliphatic rings. The van der Waals surface area contributed by atoms with Gasteiger partial charge in [-0.15, -0.1) is 5.10 Å². The lowest BCUT2D eigenvalue weighted by Gasteiger charge is -2.11. The predicted molar refractivity (Wildman–Crippen MR) is 122 cm³/mol. The van der Waals surface area contributed by atoms with E-state index in [2.05, 4.69) is 47.2 Å². The summed E-state index contributed by atoms with van der Waals surface area (Å²) in [6.45, 7) is 6.65. The Labute approximate surface area is 185 Å². The number of fused-ring (bicyclic) bond motifs is 3. The van der Waals surface area contributed by atoms with Gasteiger partial charge in [-0.05, 0) is 54.3 Å². The molecule has 3 heterocycles. The van der Waals surface area contributed by atoms with Crippen LogP contribution in [-0.4, -0.2) is 36.5 Å².